The maximum absolute atomic E-state index is 13.9. The predicted molar refractivity (Wildman–Crippen MR) is 73.5 cm³/mol. The summed E-state index contributed by atoms with van der Waals surface area (Å²) in [6.07, 6.45) is 1.14. The molecule has 0 aliphatic carbocycles. The Morgan fingerprint density at radius 3 is 2.33 bits per heavy atom. The van der Waals surface area contributed by atoms with Crippen molar-refractivity contribution in [1.82, 2.24) is 0 Å². The van der Waals surface area contributed by atoms with Gasteiger partial charge in [-0.1, -0.05) is 22.0 Å². The molecule has 0 spiro atoms. The van der Waals surface area contributed by atoms with E-state index < -0.39 is 25.2 Å². The smallest absolute Gasteiger partial charge is 0.154 e. The van der Waals surface area contributed by atoms with E-state index >= 15 is 0 Å². The van der Waals surface area contributed by atoms with Gasteiger partial charge in [-0.2, -0.15) is 0 Å². The molecule has 0 saturated carbocycles. The first-order chi connectivity index (χ1) is 8.11. The van der Waals surface area contributed by atoms with Gasteiger partial charge in [-0.15, -0.1) is 0 Å². The Balaban J connectivity index is 3.24. The molecule has 1 aromatic carbocycles. The number of halogens is 2. The molecule has 1 unspecified atom stereocenters. The molecule has 1 aromatic rings. The maximum atomic E-state index is 13.9. The van der Waals surface area contributed by atoms with E-state index in [2.05, 4.69) is 15.9 Å². The monoisotopic (exact) mass is 338 g/mol. The summed E-state index contributed by atoms with van der Waals surface area (Å²) in [6.45, 7) is 3.12. The van der Waals surface area contributed by atoms with Crippen LogP contribution in [0, 0.1) is 5.82 Å². The molecule has 0 aliphatic rings. The number of hydrogen-bond acceptors (Lipinski definition) is 3. The Hall–Kier alpha value is -0.620. The lowest BCUT2D eigenvalue weighted by Gasteiger charge is -2.29. The third-order valence-electron chi connectivity index (χ3n) is 3.05. The van der Waals surface area contributed by atoms with Crippen LogP contribution in [0.25, 0.3) is 0 Å². The van der Waals surface area contributed by atoms with Crippen LogP contribution in [0.2, 0.25) is 0 Å². The Morgan fingerprint density at radius 2 is 1.94 bits per heavy atom. The van der Waals surface area contributed by atoms with E-state index in [-0.39, 0.29) is 0 Å². The zero-order valence-electron chi connectivity index (χ0n) is 10.7. The first kappa shape index (κ1) is 15.4. The molecule has 0 saturated heterocycles. The Bertz CT molecular complexity index is 540. The summed E-state index contributed by atoms with van der Waals surface area (Å²) in [5.74, 6) is -0.0962. The van der Waals surface area contributed by atoms with Gasteiger partial charge < -0.3 is 4.74 Å². The molecule has 0 heterocycles. The van der Waals surface area contributed by atoms with Crippen LogP contribution < -0.4 is 4.74 Å². The van der Waals surface area contributed by atoms with Gasteiger partial charge in [-0.3, -0.25) is 0 Å². The van der Waals surface area contributed by atoms with E-state index in [1.807, 2.05) is 0 Å². The van der Waals surface area contributed by atoms with Crippen molar-refractivity contribution in [2.45, 2.75) is 23.4 Å². The average Bonchev–Trinajstić information content (AvgIpc) is 2.26. The van der Waals surface area contributed by atoms with Gasteiger partial charge >= 0.3 is 0 Å². The van der Waals surface area contributed by atoms with Gasteiger partial charge in [0.25, 0.3) is 0 Å². The van der Waals surface area contributed by atoms with Crippen LogP contribution in [0.15, 0.2) is 18.2 Å². The minimum Gasteiger partial charge on any atom is -0.497 e. The Morgan fingerprint density at radius 1 is 1.39 bits per heavy atom. The van der Waals surface area contributed by atoms with Crippen LogP contribution in [0.5, 0.6) is 5.75 Å². The molecule has 0 radical (unpaired) electrons. The standard InChI is InChI=1S/C12H16BrFO3S/c1-12(2,18(4,15)16)11(13)9-6-5-8(17-3)7-10(9)14/h5-7,11H,1-4H3. The molecule has 0 N–H and O–H groups in total. The fourth-order valence-corrected chi connectivity index (χ4v) is 3.30. The lowest BCUT2D eigenvalue weighted by molar-refractivity contribution is 0.410. The van der Waals surface area contributed by atoms with Crippen molar-refractivity contribution in [2.75, 3.05) is 13.4 Å². The van der Waals surface area contributed by atoms with E-state index in [0.29, 0.717) is 11.3 Å². The van der Waals surface area contributed by atoms with Crippen LogP contribution in [0.3, 0.4) is 0 Å². The zero-order chi connectivity index (χ0) is 14.1. The molecule has 3 nitrogen and oxygen atoms in total. The maximum Gasteiger partial charge on any atom is 0.154 e. The lowest BCUT2D eigenvalue weighted by Crippen LogP contribution is -2.35. The number of ether oxygens (including phenoxy) is 1. The number of sulfone groups is 1. The van der Waals surface area contributed by atoms with Gasteiger partial charge in [0.05, 0.1) is 16.7 Å². The van der Waals surface area contributed by atoms with E-state index in [1.165, 1.54) is 19.2 Å². The van der Waals surface area contributed by atoms with Crippen molar-refractivity contribution >= 4 is 25.8 Å². The first-order valence-electron chi connectivity index (χ1n) is 5.28. The Labute approximate surface area is 115 Å². The third-order valence-corrected chi connectivity index (χ3v) is 7.13. The number of alkyl halides is 1. The highest BCUT2D eigenvalue weighted by Gasteiger charge is 2.39. The summed E-state index contributed by atoms with van der Waals surface area (Å²) in [6, 6.07) is 4.37. The molecule has 0 amide bonds. The Kier molecular flexibility index (Phi) is 4.43. The van der Waals surface area contributed by atoms with Crippen LogP contribution in [0.4, 0.5) is 4.39 Å². The molecule has 1 rings (SSSR count). The molecule has 102 valence electrons. The fourth-order valence-electron chi connectivity index (χ4n) is 1.40. The van der Waals surface area contributed by atoms with Gasteiger partial charge in [-0.05, 0) is 19.9 Å². The second kappa shape index (κ2) is 5.17. The summed E-state index contributed by atoms with van der Waals surface area (Å²) >= 11 is 3.28. The number of benzene rings is 1. The molecule has 0 bridgehead atoms. The molecule has 0 aromatic heterocycles. The summed E-state index contributed by atoms with van der Waals surface area (Å²) in [7, 11) is -1.88. The second-order valence-electron chi connectivity index (χ2n) is 4.63. The summed E-state index contributed by atoms with van der Waals surface area (Å²) in [5, 5.41) is 0. The highest BCUT2D eigenvalue weighted by atomic mass is 79.9. The number of methoxy groups -OCH3 is 1. The van der Waals surface area contributed by atoms with E-state index in [9.17, 15) is 12.8 Å². The van der Waals surface area contributed by atoms with Crippen LogP contribution >= 0.6 is 15.9 Å². The molecule has 0 fully saturated rings. The van der Waals surface area contributed by atoms with Crippen molar-refractivity contribution in [1.29, 1.82) is 0 Å². The molecule has 1 atom stereocenters. The third kappa shape index (κ3) is 2.85. The molecular weight excluding hydrogens is 323 g/mol. The minimum atomic E-state index is -3.33. The summed E-state index contributed by atoms with van der Waals surface area (Å²) < 4.78 is 41.2. The van der Waals surface area contributed by atoms with Crippen molar-refractivity contribution in [2.24, 2.45) is 0 Å². The van der Waals surface area contributed by atoms with E-state index in [1.54, 1.807) is 19.9 Å². The van der Waals surface area contributed by atoms with Gasteiger partial charge in [0.1, 0.15) is 11.6 Å². The zero-order valence-corrected chi connectivity index (χ0v) is 13.1. The van der Waals surface area contributed by atoms with Crippen molar-refractivity contribution < 1.29 is 17.5 Å². The molecular formula is C12H16BrFO3S. The van der Waals surface area contributed by atoms with E-state index in [4.69, 9.17) is 4.74 Å². The first-order valence-corrected chi connectivity index (χ1v) is 8.09. The molecule has 0 aliphatic heterocycles. The van der Waals surface area contributed by atoms with Crippen LogP contribution in [-0.2, 0) is 9.84 Å². The van der Waals surface area contributed by atoms with Crippen molar-refractivity contribution in [3.8, 4) is 5.75 Å². The normalized spacial score (nSPS) is 14.3. The highest BCUT2D eigenvalue weighted by Crippen LogP contribution is 2.40. The van der Waals surface area contributed by atoms with Crippen molar-refractivity contribution in [3.63, 3.8) is 0 Å². The highest BCUT2D eigenvalue weighted by molar-refractivity contribution is 9.09. The average molecular weight is 339 g/mol. The number of rotatable bonds is 4. The fraction of sp³-hybridized carbons (Fsp3) is 0.500. The lowest BCUT2D eigenvalue weighted by atomic mass is 10.0. The molecule has 6 heteroatoms. The van der Waals surface area contributed by atoms with Gasteiger partial charge in [-0.25, -0.2) is 12.8 Å². The number of hydrogen-bond donors (Lipinski definition) is 0. The topological polar surface area (TPSA) is 43.4 Å². The molecule has 18 heavy (non-hydrogen) atoms. The largest absolute Gasteiger partial charge is 0.497 e. The van der Waals surface area contributed by atoms with Gasteiger partial charge in [0.15, 0.2) is 9.84 Å². The quantitative estimate of drug-likeness (QED) is 0.792. The van der Waals surface area contributed by atoms with Gasteiger partial charge in [0, 0.05) is 17.9 Å². The summed E-state index contributed by atoms with van der Waals surface area (Å²) in [5.41, 5.74) is 0.297. The summed E-state index contributed by atoms with van der Waals surface area (Å²) in [4.78, 5) is -0.633. The minimum absolute atomic E-state index is 0.297. The second-order valence-corrected chi connectivity index (χ2v) is 8.14. The van der Waals surface area contributed by atoms with E-state index in [0.717, 1.165) is 6.26 Å². The van der Waals surface area contributed by atoms with Crippen LogP contribution in [0.1, 0.15) is 24.2 Å². The predicted octanol–water partition coefficient (Wildman–Crippen LogP) is 3.09. The SMILES string of the molecule is COc1ccc(C(Br)C(C)(C)S(C)(=O)=O)c(F)c1. The van der Waals surface area contributed by atoms with Crippen molar-refractivity contribution in [3.05, 3.63) is 29.6 Å². The van der Waals surface area contributed by atoms with Crippen LogP contribution in [-0.4, -0.2) is 26.5 Å². The van der Waals surface area contributed by atoms with Gasteiger partial charge in [0.2, 0.25) is 0 Å².